The number of benzene rings is 1. The van der Waals surface area contributed by atoms with Gasteiger partial charge >= 0.3 is 0 Å². The van der Waals surface area contributed by atoms with Gasteiger partial charge in [0.2, 0.25) is 0 Å². The van der Waals surface area contributed by atoms with Gasteiger partial charge in [-0.3, -0.25) is 9.63 Å². The van der Waals surface area contributed by atoms with Crippen molar-refractivity contribution in [3.8, 4) is 0 Å². The lowest BCUT2D eigenvalue weighted by Gasteiger charge is -2.21. The summed E-state index contributed by atoms with van der Waals surface area (Å²) in [7, 11) is 4.48. The molecule has 0 saturated heterocycles. The zero-order valence-electron chi connectivity index (χ0n) is 11.8. The molecule has 0 radical (unpaired) electrons. The van der Waals surface area contributed by atoms with E-state index in [1.54, 1.807) is 7.05 Å². The minimum atomic E-state index is -0.686. The first kappa shape index (κ1) is 14.4. The Bertz CT molecular complexity index is 489. The second-order valence-electron chi connectivity index (χ2n) is 4.30. The molecule has 7 heteroatoms. The molecule has 1 amide bonds. The van der Waals surface area contributed by atoms with Crippen molar-refractivity contribution in [1.29, 1.82) is 0 Å². The van der Waals surface area contributed by atoms with E-state index in [0.717, 1.165) is 22.9 Å². The van der Waals surface area contributed by atoms with Crippen LogP contribution in [-0.4, -0.2) is 45.3 Å². The van der Waals surface area contributed by atoms with Gasteiger partial charge in [-0.25, -0.2) is 10.1 Å². The summed E-state index contributed by atoms with van der Waals surface area (Å²) >= 11 is 0. The zero-order valence-corrected chi connectivity index (χ0v) is 11.8. The van der Waals surface area contributed by atoms with Crippen molar-refractivity contribution >= 4 is 11.6 Å². The highest BCUT2D eigenvalue weighted by Crippen LogP contribution is 2.24. The van der Waals surface area contributed by atoms with Crippen LogP contribution in [0.3, 0.4) is 0 Å². The van der Waals surface area contributed by atoms with Crippen LogP contribution in [0.15, 0.2) is 34.6 Å². The molecule has 2 rings (SSSR count). The van der Waals surface area contributed by atoms with Gasteiger partial charge in [0.1, 0.15) is 0 Å². The molecule has 0 fully saturated rings. The minimum absolute atomic E-state index is 0.261. The van der Waals surface area contributed by atoms with E-state index in [9.17, 15) is 4.79 Å². The molecule has 0 aliphatic carbocycles. The quantitative estimate of drug-likeness (QED) is 0.767. The molecular formula is C13H18N4O3. The van der Waals surface area contributed by atoms with Crippen molar-refractivity contribution in [3.63, 3.8) is 0 Å². The third kappa shape index (κ3) is 2.94. The van der Waals surface area contributed by atoms with Gasteiger partial charge in [0, 0.05) is 14.2 Å². The van der Waals surface area contributed by atoms with E-state index in [1.807, 2.05) is 29.3 Å². The largest absolute Gasteiger partial charge is 0.367 e. The second-order valence-corrected chi connectivity index (χ2v) is 4.30. The van der Waals surface area contributed by atoms with Gasteiger partial charge in [-0.1, -0.05) is 17.4 Å². The van der Waals surface area contributed by atoms with Gasteiger partial charge in [0.15, 0.2) is 6.10 Å². The van der Waals surface area contributed by atoms with E-state index in [-0.39, 0.29) is 5.91 Å². The maximum absolute atomic E-state index is 12.1. The molecule has 1 aromatic carbocycles. The fourth-order valence-electron chi connectivity index (χ4n) is 1.94. The van der Waals surface area contributed by atoms with Crippen LogP contribution < -0.4 is 5.01 Å². The number of nitrogens with zero attached hydrogens (tertiary/aromatic N) is 4. The third-order valence-corrected chi connectivity index (χ3v) is 3.12. The Balaban J connectivity index is 2.14. The Labute approximate surface area is 117 Å². The number of rotatable bonds is 5. The van der Waals surface area contributed by atoms with Crippen LogP contribution in [0.25, 0.3) is 0 Å². The molecule has 108 valence electrons. The summed E-state index contributed by atoms with van der Waals surface area (Å²) < 4.78 is 5.26. The van der Waals surface area contributed by atoms with Crippen LogP contribution in [0.4, 0.5) is 5.69 Å². The van der Waals surface area contributed by atoms with Crippen LogP contribution in [0.5, 0.6) is 0 Å². The summed E-state index contributed by atoms with van der Waals surface area (Å²) in [6.07, 6.45) is -0.686. The number of carbonyl (C=O) groups is 1. The molecule has 0 bridgehead atoms. The molecule has 1 unspecified atom stereocenters. The van der Waals surface area contributed by atoms with E-state index in [4.69, 9.17) is 9.57 Å². The van der Waals surface area contributed by atoms with Crippen molar-refractivity contribution in [3.05, 3.63) is 29.8 Å². The van der Waals surface area contributed by atoms with Gasteiger partial charge in [-0.05, 0) is 17.7 Å². The topological polar surface area (TPSA) is 66.7 Å². The molecule has 1 aliphatic rings. The van der Waals surface area contributed by atoms with Gasteiger partial charge < -0.3 is 4.74 Å². The maximum Gasteiger partial charge on any atom is 0.279 e. The zero-order chi connectivity index (χ0) is 14.5. The predicted molar refractivity (Wildman–Crippen MR) is 73.0 cm³/mol. The lowest BCUT2D eigenvalue weighted by molar-refractivity contribution is -0.179. The van der Waals surface area contributed by atoms with E-state index in [0.29, 0.717) is 6.54 Å². The molecule has 1 aromatic rings. The van der Waals surface area contributed by atoms with Gasteiger partial charge in [0.05, 0.1) is 25.9 Å². The summed E-state index contributed by atoms with van der Waals surface area (Å²) in [5, 5.41) is 10.9. The van der Waals surface area contributed by atoms with Crippen molar-refractivity contribution in [2.45, 2.75) is 6.10 Å². The van der Waals surface area contributed by atoms with Crippen LogP contribution >= 0.6 is 0 Å². The van der Waals surface area contributed by atoms with Crippen LogP contribution in [0, 0.1) is 0 Å². The Morgan fingerprint density at radius 3 is 2.55 bits per heavy atom. The smallest absolute Gasteiger partial charge is 0.279 e. The lowest BCUT2D eigenvalue weighted by atomic mass is 10.1. The summed E-state index contributed by atoms with van der Waals surface area (Å²) in [5.74, 6) is -0.261. The highest BCUT2D eigenvalue weighted by molar-refractivity contribution is 5.81. The third-order valence-electron chi connectivity index (χ3n) is 3.12. The van der Waals surface area contributed by atoms with Gasteiger partial charge in [-0.2, -0.15) is 5.11 Å². The van der Waals surface area contributed by atoms with Crippen molar-refractivity contribution in [1.82, 2.24) is 5.06 Å². The summed E-state index contributed by atoms with van der Waals surface area (Å²) in [4.78, 5) is 17.0. The Hall–Kier alpha value is -1.99. The SMILES string of the molecule is COC(C(=O)N(C)OC)c1ccc(N2CCN=N2)cc1. The molecule has 20 heavy (non-hydrogen) atoms. The fraction of sp³-hybridized carbons (Fsp3) is 0.462. The van der Waals surface area contributed by atoms with Crippen molar-refractivity contribution in [2.75, 3.05) is 39.4 Å². The standard InChI is InChI=1S/C13H18N4O3/c1-16(20-3)13(18)12(19-2)10-4-6-11(7-5-10)17-9-8-14-15-17/h4-7,12H,8-9H2,1-3H3. The highest BCUT2D eigenvalue weighted by atomic mass is 16.7. The average Bonchev–Trinajstić information content (AvgIpc) is 3.02. The number of hydroxylamine groups is 2. The molecule has 0 spiro atoms. The van der Waals surface area contributed by atoms with E-state index >= 15 is 0 Å². The summed E-state index contributed by atoms with van der Waals surface area (Å²) in [6, 6.07) is 7.48. The highest BCUT2D eigenvalue weighted by Gasteiger charge is 2.24. The number of ether oxygens (including phenoxy) is 1. The predicted octanol–water partition coefficient (Wildman–Crippen LogP) is 1.58. The van der Waals surface area contributed by atoms with Gasteiger partial charge in [-0.15, -0.1) is 0 Å². The van der Waals surface area contributed by atoms with E-state index in [1.165, 1.54) is 14.2 Å². The molecule has 7 nitrogen and oxygen atoms in total. The first-order valence-electron chi connectivity index (χ1n) is 6.26. The normalized spacial score (nSPS) is 15.4. The first-order valence-corrected chi connectivity index (χ1v) is 6.26. The average molecular weight is 278 g/mol. The Morgan fingerprint density at radius 1 is 1.35 bits per heavy atom. The van der Waals surface area contributed by atoms with E-state index in [2.05, 4.69) is 10.3 Å². The molecule has 0 N–H and O–H groups in total. The first-order chi connectivity index (χ1) is 9.67. The summed E-state index contributed by atoms with van der Waals surface area (Å²) in [5.41, 5.74) is 1.71. The lowest BCUT2D eigenvalue weighted by Crippen LogP contribution is -2.31. The van der Waals surface area contributed by atoms with Crippen LogP contribution in [0.2, 0.25) is 0 Å². The Morgan fingerprint density at radius 2 is 2.05 bits per heavy atom. The molecular weight excluding hydrogens is 260 g/mol. The number of methoxy groups -OCH3 is 1. The minimum Gasteiger partial charge on any atom is -0.367 e. The number of hydrogen-bond acceptors (Lipinski definition) is 6. The fourth-order valence-corrected chi connectivity index (χ4v) is 1.94. The molecule has 1 heterocycles. The van der Waals surface area contributed by atoms with Crippen LogP contribution in [0.1, 0.15) is 11.7 Å². The van der Waals surface area contributed by atoms with Crippen molar-refractivity contribution in [2.24, 2.45) is 10.3 Å². The second kappa shape index (κ2) is 6.44. The van der Waals surface area contributed by atoms with Gasteiger partial charge in [0.25, 0.3) is 5.91 Å². The van der Waals surface area contributed by atoms with E-state index < -0.39 is 6.10 Å². The maximum atomic E-state index is 12.1. The molecule has 1 atom stereocenters. The van der Waals surface area contributed by atoms with Crippen molar-refractivity contribution < 1.29 is 14.4 Å². The number of anilines is 1. The summed E-state index contributed by atoms with van der Waals surface area (Å²) in [6.45, 7) is 1.48. The monoisotopic (exact) mass is 278 g/mol. The molecule has 1 aliphatic heterocycles. The number of likely N-dealkylation sites (N-methyl/N-ethyl adjacent to an activating group) is 1. The number of amides is 1. The molecule has 0 aromatic heterocycles. The Kier molecular flexibility index (Phi) is 4.65. The molecule has 0 saturated carbocycles. The van der Waals surface area contributed by atoms with Crippen LogP contribution in [-0.2, 0) is 14.4 Å². The number of hydrogen-bond donors (Lipinski definition) is 0. The number of carbonyl (C=O) groups excluding carboxylic acids is 1.